The summed E-state index contributed by atoms with van der Waals surface area (Å²) in [5.41, 5.74) is 4.31. The van der Waals surface area contributed by atoms with Crippen LogP contribution in [0.25, 0.3) is 11.4 Å². The summed E-state index contributed by atoms with van der Waals surface area (Å²) in [5, 5.41) is 8.61. The van der Waals surface area contributed by atoms with Gasteiger partial charge >= 0.3 is 0 Å². The van der Waals surface area contributed by atoms with Crippen molar-refractivity contribution < 1.29 is 18.3 Å². The molecule has 9 heteroatoms. The van der Waals surface area contributed by atoms with Gasteiger partial charge in [-0.1, -0.05) is 11.6 Å². The van der Waals surface area contributed by atoms with E-state index in [9.17, 15) is 13.6 Å². The van der Waals surface area contributed by atoms with E-state index in [0.717, 1.165) is 12.1 Å². The van der Waals surface area contributed by atoms with Crippen molar-refractivity contribution in [3.8, 4) is 17.1 Å². The molecule has 6 nitrogen and oxygen atoms in total. The third kappa shape index (κ3) is 4.14. The highest BCUT2D eigenvalue weighted by atomic mass is 35.5. The number of hydrogen-bond donors (Lipinski definition) is 1. The molecule has 3 rings (SSSR count). The first kappa shape index (κ1) is 21.7. The molecule has 0 bridgehead atoms. The number of carbonyl (C=O) groups is 1. The summed E-state index contributed by atoms with van der Waals surface area (Å²) in [4.78, 5) is 11.3. The summed E-state index contributed by atoms with van der Waals surface area (Å²) >= 11 is 5.80. The lowest BCUT2D eigenvalue weighted by Gasteiger charge is -2.28. The SMILES string of the molecule is CC(C)n1c(-c2ccc(C(N)=O)cc2F)nnc1C(C)(C)Oc1ccc(Cl)cc1F. The second-order valence-electron chi connectivity index (χ2n) is 7.56. The Morgan fingerprint density at radius 1 is 1.13 bits per heavy atom. The van der Waals surface area contributed by atoms with Crippen LogP contribution in [0, 0.1) is 11.6 Å². The van der Waals surface area contributed by atoms with Gasteiger partial charge in [0.25, 0.3) is 0 Å². The Labute approximate surface area is 177 Å². The van der Waals surface area contributed by atoms with Gasteiger partial charge in [0.2, 0.25) is 5.91 Å². The summed E-state index contributed by atoms with van der Waals surface area (Å²) in [5.74, 6) is -1.37. The zero-order valence-corrected chi connectivity index (χ0v) is 17.7. The minimum absolute atomic E-state index is 0.00116. The van der Waals surface area contributed by atoms with Crippen LogP contribution in [0.4, 0.5) is 8.78 Å². The predicted octanol–water partition coefficient (Wildman–Crippen LogP) is 4.87. The number of primary amides is 1. The lowest BCUT2D eigenvalue weighted by atomic mass is 10.1. The van der Waals surface area contributed by atoms with Gasteiger partial charge in [-0.05, 0) is 64.1 Å². The molecule has 0 aliphatic heterocycles. The Morgan fingerprint density at radius 2 is 1.83 bits per heavy atom. The second-order valence-corrected chi connectivity index (χ2v) is 7.99. The highest BCUT2D eigenvalue weighted by Crippen LogP contribution is 2.34. The van der Waals surface area contributed by atoms with E-state index in [0.29, 0.717) is 5.82 Å². The molecular weight excluding hydrogens is 414 g/mol. The van der Waals surface area contributed by atoms with E-state index >= 15 is 0 Å². The van der Waals surface area contributed by atoms with Crippen molar-refractivity contribution in [2.24, 2.45) is 5.73 Å². The van der Waals surface area contributed by atoms with Gasteiger partial charge < -0.3 is 15.0 Å². The van der Waals surface area contributed by atoms with Crippen LogP contribution in [0.5, 0.6) is 5.75 Å². The van der Waals surface area contributed by atoms with Gasteiger partial charge in [-0.3, -0.25) is 4.79 Å². The Morgan fingerprint density at radius 3 is 2.40 bits per heavy atom. The molecule has 158 valence electrons. The lowest BCUT2D eigenvalue weighted by molar-refractivity contribution is 0.0871. The minimum Gasteiger partial charge on any atom is -0.477 e. The van der Waals surface area contributed by atoms with E-state index in [4.69, 9.17) is 22.1 Å². The van der Waals surface area contributed by atoms with Crippen molar-refractivity contribution in [1.82, 2.24) is 14.8 Å². The molecule has 0 saturated carbocycles. The number of nitrogens with zero attached hydrogens (tertiary/aromatic N) is 3. The van der Waals surface area contributed by atoms with Crippen LogP contribution in [0.2, 0.25) is 5.02 Å². The van der Waals surface area contributed by atoms with Crippen molar-refractivity contribution in [2.45, 2.75) is 39.3 Å². The van der Waals surface area contributed by atoms with Crippen molar-refractivity contribution in [2.75, 3.05) is 0 Å². The molecule has 2 N–H and O–H groups in total. The maximum absolute atomic E-state index is 14.7. The molecule has 30 heavy (non-hydrogen) atoms. The molecule has 0 fully saturated rings. The van der Waals surface area contributed by atoms with E-state index in [-0.39, 0.29) is 33.8 Å². The van der Waals surface area contributed by atoms with Gasteiger partial charge in [-0.2, -0.15) is 0 Å². The van der Waals surface area contributed by atoms with Gasteiger partial charge in [-0.15, -0.1) is 10.2 Å². The summed E-state index contributed by atoms with van der Waals surface area (Å²) in [7, 11) is 0. The quantitative estimate of drug-likeness (QED) is 0.600. The molecule has 0 aliphatic rings. The molecule has 0 radical (unpaired) electrons. The van der Waals surface area contributed by atoms with E-state index < -0.39 is 23.1 Å². The molecule has 3 aromatic rings. The number of aromatic nitrogens is 3. The molecule has 1 amide bonds. The summed E-state index contributed by atoms with van der Waals surface area (Å²) in [6, 6.07) is 7.84. The Hall–Kier alpha value is -3.00. The van der Waals surface area contributed by atoms with Crippen LogP contribution in [0.1, 0.15) is 49.9 Å². The van der Waals surface area contributed by atoms with Crippen LogP contribution in [-0.2, 0) is 5.60 Å². The van der Waals surface area contributed by atoms with Gasteiger partial charge in [0.05, 0.1) is 5.56 Å². The average molecular weight is 435 g/mol. The molecule has 0 aliphatic carbocycles. The van der Waals surface area contributed by atoms with Crippen molar-refractivity contribution >= 4 is 17.5 Å². The Balaban J connectivity index is 2.07. The fraction of sp³-hybridized carbons (Fsp3) is 0.286. The first-order chi connectivity index (χ1) is 14.0. The summed E-state index contributed by atoms with van der Waals surface area (Å²) in [6.45, 7) is 7.18. The second kappa shape index (κ2) is 8.02. The fourth-order valence-corrected chi connectivity index (χ4v) is 3.26. The van der Waals surface area contributed by atoms with Gasteiger partial charge in [0.15, 0.2) is 28.8 Å². The monoisotopic (exact) mass is 434 g/mol. The first-order valence-corrected chi connectivity index (χ1v) is 9.58. The third-order valence-electron chi connectivity index (χ3n) is 4.50. The van der Waals surface area contributed by atoms with Crippen LogP contribution in [0.15, 0.2) is 36.4 Å². The number of rotatable bonds is 6. The summed E-state index contributed by atoms with van der Waals surface area (Å²) < 4.78 is 36.5. The molecule has 0 saturated heterocycles. The maximum Gasteiger partial charge on any atom is 0.248 e. The van der Waals surface area contributed by atoms with E-state index in [1.807, 2.05) is 13.8 Å². The number of nitrogens with two attached hydrogens (primary N) is 1. The third-order valence-corrected chi connectivity index (χ3v) is 4.74. The maximum atomic E-state index is 14.7. The van der Waals surface area contributed by atoms with Gasteiger partial charge in [-0.25, -0.2) is 8.78 Å². The Kier molecular flexibility index (Phi) is 5.81. The standard InChI is InChI=1S/C21H21ClF2N4O2/c1-11(2)28-19(14-7-5-12(18(25)29)9-15(14)23)26-27-20(28)21(3,4)30-17-8-6-13(22)10-16(17)24/h5-11H,1-4H3,(H2,25,29). The normalized spacial score (nSPS) is 11.7. The summed E-state index contributed by atoms with van der Waals surface area (Å²) in [6.07, 6.45) is 0. The van der Waals surface area contributed by atoms with Crippen LogP contribution >= 0.6 is 11.6 Å². The molecule has 0 atom stereocenters. The van der Waals surface area contributed by atoms with Gasteiger partial charge in [0.1, 0.15) is 5.82 Å². The number of halogens is 3. The highest BCUT2D eigenvalue weighted by Gasteiger charge is 2.33. The van der Waals surface area contributed by atoms with Crippen LogP contribution in [0.3, 0.4) is 0 Å². The van der Waals surface area contributed by atoms with E-state index in [1.165, 1.54) is 24.3 Å². The van der Waals surface area contributed by atoms with Crippen molar-refractivity contribution in [1.29, 1.82) is 0 Å². The topological polar surface area (TPSA) is 83.0 Å². The van der Waals surface area contributed by atoms with Crippen LogP contribution < -0.4 is 10.5 Å². The van der Waals surface area contributed by atoms with E-state index in [2.05, 4.69) is 10.2 Å². The number of amides is 1. The minimum atomic E-state index is -1.10. The number of benzene rings is 2. The molecule has 0 spiro atoms. The largest absolute Gasteiger partial charge is 0.477 e. The number of carbonyl (C=O) groups excluding carboxylic acids is 1. The lowest BCUT2D eigenvalue weighted by Crippen LogP contribution is -2.31. The zero-order valence-electron chi connectivity index (χ0n) is 16.9. The first-order valence-electron chi connectivity index (χ1n) is 9.20. The average Bonchev–Trinajstić information content (AvgIpc) is 3.10. The number of ether oxygens (including phenoxy) is 1. The van der Waals surface area contributed by atoms with Gasteiger partial charge in [0, 0.05) is 16.6 Å². The Bertz CT molecular complexity index is 1110. The molecule has 1 aromatic heterocycles. The van der Waals surface area contributed by atoms with Crippen LogP contribution in [-0.4, -0.2) is 20.7 Å². The fourth-order valence-electron chi connectivity index (χ4n) is 3.10. The molecule has 1 heterocycles. The smallest absolute Gasteiger partial charge is 0.248 e. The molecular formula is C21H21ClF2N4O2. The molecule has 2 aromatic carbocycles. The molecule has 0 unspecified atom stereocenters. The highest BCUT2D eigenvalue weighted by molar-refractivity contribution is 6.30. The predicted molar refractivity (Wildman–Crippen MR) is 109 cm³/mol. The van der Waals surface area contributed by atoms with E-state index in [1.54, 1.807) is 18.4 Å². The zero-order chi connectivity index (χ0) is 22.2. The van der Waals surface area contributed by atoms with Crippen molar-refractivity contribution in [3.63, 3.8) is 0 Å². The number of hydrogen-bond acceptors (Lipinski definition) is 4. The van der Waals surface area contributed by atoms with Crippen molar-refractivity contribution in [3.05, 3.63) is 64.4 Å².